The smallest absolute Gasteiger partial charge is 0.243 e. The predicted octanol–water partition coefficient (Wildman–Crippen LogP) is 0.995. The highest BCUT2D eigenvalue weighted by Gasteiger charge is 2.18. The van der Waals surface area contributed by atoms with Crippen LogP contribution in [0.5, 0.6) is 5.75 Å². The standard InChI is InChI=1S/C11H15ClN2O3/c1-6(15)10(13)11(16)14-7-3-4-9(17-2)8(12)5-7/h3-6,10,15H,13H2,1-2H3,(H,14,16)/t6-,10+/m0/s1. The molecule has 94 valence electrons. The molecular formula is C11H15ClN2O3. The largest absolute Gasteiger partial charge is 0.495 e. The molecule has 6 heteroatoms. The van der Waals surface area contributed by atoms with E-state index in [0.29, 0.717) is 16.5 Å². The van der Waals surface area contributed by atoms with E-state index in [-0.39, 0.29) is 0 Å². The van der Waals surface area contributed by atoms with Gasteiger partial charge in [0.1, 0.15) is 11.8 Å². The number of aliphatic hydroxyl groups is 1. The summed E-state index contributed by atoms with van der Waals surface area (Å²) in [5, 5.41) is 12.1. The molecule has 0 unspecified atom stereocenters. The molecule has 0 bridgehead atoms. The SMILES string of the molecule is COc1ccc(NC(=O)[C@H](N)[C@H](C)O)cc1Cl. The number of nitrogens with one attached hydrogen (secondary N) is 1. The first kappa shape index (κ1) is 13.8. The van der Waals surface area contributed by atoms with Crippen LogP contribution in [0.3, 0.4) is 0 Å². The van der Waals surface area contributed by atoms with Gasteiger partial charge in [-0.2, -0.15) is 0 Å². The molecule has 0 spiro atoms. The van der Waals surface area contributed by atoms with Gasteiger partial charge < -0.3 is 20.9 Å². The molecule has 1 aromatic carbocycles. The van der Waals surface area contributed by atoms with Crippen LogP contribution < -0.4 is 15.8 Å². The maximum atomic E-state index is 11.5. The van der Waals surface area contributed by atoms with E-state index in [0.717, 1.165) is 0 Å². The maximum absolute atomic E-state index is 11.5. The van der Waals surface area contributed by atoms with Crippen molar-refractivity contribution in [3.63, 3.8) is 0 Å². The molecule has 1 rings (SSSR count). The number of carbonyl (C=O) groups is 1. The number of ether oxygens (including phenoxy) is 1. The molecule has 5 nitrogen and oxygen atoms in total. The third-order valence-corrected chi connectivity index (χ3v) is 2.54. The zero-order chi connectivity index (χ0) is 13.0. The van der Waals surface area contributed by atoms with Crippen LogP contribution in [-0.4, -0.2) is 30.3 Å². The third kappa shape index (κ3) is 3.59. The summed E-state index contributed by atoms with van der Waals surface area (Å²) >= 11 is 5.90. The Balaban J connectivity index is 2.76. The van der Waals surface area contributed by atoms with Gasteiger partial charge in [-0.25, -0.2) is 0 Å². The fraction of sp³-hybridized carbons (Fsp3) is 0.364. The van der Waals surface area contributed by atoms with Gasteiger partial charge in [0.2, 0.25) is 5.91 Å². The average molecular weight is 259 g/mol. The van der Waals surface area contributed by atoms with Crippen molar-refractivity contribution in [2.45, 2.75) is 19.1 Å². The van der Waals surface area contributed by atoms with Crippen LogP contribution in [0.15, 0.2) is 18.2 Å². The number of benzene rings is 1. The fourth-order valence-electron chi connectivity index (χ4n) is 1.19. The van der Waals surface area contributed by atoms with E-state index in [1.807, 2.05) is 0 Å². The van der Waals surface area contributed by atoms with Gasteiger partial charge in [-0.05, 0) is 25.1 Å². The number of rotatable bonds is 4. The van der Waals surface area contributed by atoms with E-state index >= 15 is 0 Å². The van der Waals surface area contributed by atoms with Gasteiger partial charge >= 0.3 is 0 Å². The summed E-state index contributed by atoms with van der Waals surface area (Å²) in [5.74, 6) is 0.0470. The topological polar surface area (TPSA) is 84.6 Å². The minimum atomic E-state index is -0.976. The van der Waals surface area contributed by atoms with Crippen molar-refractivity contribution < 1.29 is 14.6 Å². The van der Waals surface area contributed by atoms with Crippen LogP contribution in [0.25, 0.3) is 0 Å². The van der Waals surface area contributed by atoms with E-state index in [1.54, 1.807) is 18.2 Å². The zero-order valence-electron chi connectivity index (χ0n) is 9.61. The molecule has 0 saturated heterocycles. The minimum Gasteiger partial charge on any atom is -0.495 e. The van der Waals surface area contributed by atoms with Crippen molar-refractivity contribution in [2.24, 2.45) is 5.73 Å². The lowest BCUT2D eigenvalue weighted by Gasteiger charge is -2.15. The molecule has 0 radical (unpaired) electrons. The number of aliphatic hydroxyl groups excluding tert-OH is 1. The third-order valence-electron chi connectivity index (χ3n) is 2.24. The lowest BCUT2D eigenvalue weighted by atomic mass is 10.2. The highest BCUT2D eigenvalue weighted by atomic mass is 35.5. The number of hydrogen-bond acceptors (Lipinski definition) is 4. The Morgan fingerprint density at radius 3 is 2.71 bits per heavy atom. The number of amides is 1. The quantitative estimate of drug-likeness (QED) is 0.752. The summed E-state index contributed by atoms with van der Waals surface area (Å²) in [6.07, 6.45) is -0.913. The van der Waals surface area contributed by atoms with Crippen molar-refractivity contribution in [3.8, 4) is 5.75 Å². The zero-order valence-corrected chi connectivity index (χ0v) is 10.4. The second-order valence-corrected chi connectivity index (χ2v) is 4.01. The average Bonchev–Trinajstić information content (AvgIpc) is 2.28. The fourth-order valence-corrected chi connectivity index (χ4v) is 1.45. The summed E-state index contributed by atoms with van der Waals surface area (Å²) < 4.78 is 4.98. The maximum Gasteiger partial charge on any atom is 0.243 e. The van der Waals surface area contributed by atoms with Crippen molar-refractivity contribution in [1.29, 1.82) is 0 Å². The van der Waals surface area contributed by atoms with Crippen LogP contribution in [-0.2, 0) is 4.79 Å². The number of anilines is 1. The predicted molar refractivity (Wildman–Crippen MR) is 66.3 cm³/mol. The first-order valence-electron chi connectivity index (χ1n) is 5.03. The van der Waals surface area contributed by atoms with Crippen LogP contribution in [0, 0.1) is 0 Å². The summed E-state index contributed by atoms with van der Waals surface area (Å²) in [7, 11) is 1.50. The normalized spacial score (nSPS) is 13.9. The molecule has 0 heterocycles. The van der Waals surface area contributed by atoms with E-state index in [9.17, 15) is 9.90 Å². The van der Waals surface area contributed by atoms with E-state index in [2.05, 4.69) is 5.32 Å². The van der Waals surface area contributed by atoms with Crippen molar-refractivity contribution >= 4 is 23.2 Å². The molecule has 1 amide bonds. The summed E-state index contributed by atoms with van der Waals surface area (Å²) in [6.45, 7) is 1.45. The lowest BCUT2D eigenvalue weighted by Crippen LogP contribution is -2.43. The molecule has 0 aliphatic heterocycles. The minimum absolute atomic E-state index is 0.385. The molecule has 0 aliphatic carbocycles. The molecule has 0 aliphatic rings. The molecule has 1 aromatic rings. The molecule has 4 N–H and O–H groups in total. The highest BCUT2D eigenvalue weighted by molar-refractivity contribution is 6.32. The molecular weight excluding hydrogens is 244 g/mol. The Bertz CT molecular complexity index is 410. The van der Waals surface area contributed by atoms with Crippen LogP contribution >= 0.6 is 11.6 Å². The van der Waals surface area contributed by atoms with Crippen LogP contribution in [0.4, 0.5) is 5.69 Å². The Labute approximate surface area is 105 Å². The van der Waals surface area contributed by atoms with E-state index in [1.165, 1.54) is 14.0 Å². The number of nitrogens with two attached hydrogens (primary N) is 1. The van der Waals surface area contributed by atoms with Crippen molar-refractivity contribution in [1.82, 2.24) is 0 Å². The first-order valence-corrected chi connectivity index (χ1v) is 5.41. The van der Waals surface area contributed by atoms with Gasteiger partial charge in [0.05, 0.1) is 18.2 Å². The van der Waals surface area contributed by atoms with Gasteiger partial charge in [-0.15, -0.1) is 0 Å². The number of methoxy groups -OCH3 is 1. The summed E-state index contributed by atoms with van der Waals surface area (Å²) in [5.41, 5.74) is 5.98. The van der Waals surface area contributed by atoms with Crippen LogP contribution in [0.2, 0.25) is 5.02 Å². The monoisotopic (exact) mass is 258 g/mol. The van der Waals surface area contributed by atoms with Crippen molar-refractivity contribution in [2.75, 3.05) is 12.4 Å². The molecule has 2 atom stereocenters. The Kier molecular flexibility index (Phi) is 4.74. The van der Waals surface area contributed by atoms with Crippen LogP contribution in [0.1, 0.15) is 6.92 Å². The number of carbonyl (C=O) groups excluding carboxylic acids is 1. The van der Waals surface area contributed by atoms with Gasteiger partial charge in [0.15, 0.2) is 0 Å². The molecule has 0 aromatic heterocycles. The molecule has 0 fully saturated rings. The second kappa shape index (κ2) is 5.86. The Morgan fingerprint density at radius 2 is 2.24 bits per heavy atom. The summed E-state index contributed by atoms with van der Waals surface area (Å²) in [4.78, 5) is 11.5. The number of hydrogen-bond donors (Lipinski definition) is 3. The molecule has 0 saturated carbocycles. The van der Waals surface area contributed by atoms with Gasteiger partial charge in [0, 0.05) is 5.69 Å². The second-order valence-electron chi connectivity index (χ2n) is 3.60. The van der Waals surface area contributed by atoms with Crippen molar-refractivity contribution in [3.05, 3.63) is 23.2 Å². The number of halogens is 1. The van der Waals surface area contributed by atoms with Gasteiger partial charge in [-0.1, -0.05) is 11.6 Å². The van der Waals surface area contributed by atoms with E-state index < -0.39 is 18.1 Å². The Morgan fingerprint density at radius 1 is 1.59 bits per heavy atom. The van der Waals surface area contributed by atoms with Gasteiger partial charge in [0.25, 0.3) is 0 Å². The Hall–Kier alpha value is -1.30. The summed E-state index contributed by atoms with van der Waals surface area (Å²) in [6, 6.07) is 3.84. The molecule has 17 heavy (non-hydrogen) atoms. The lowest BCUT2D eigenvalue weighted by molar-refractivity contribution is -0.119. The first-order chi connectivity index (χ1) is 7.95. The van der Waals surface area contributed by atoms with E-state index in [4.69, 9.17) is 22.1 Å². The highest BCUT2D eigenvalue weighted by Crippen LogP contribution is 2.27. The van der Waals surface area contributed by atoms with Gasteiger partial charge in [-0.3, -0.25) is 4.79 Å².